The number of thioether (sulfide) groups is 1. The van der Waals surface area contributed by atoms with Crippen molar-refractivity contribution in [1.29, 1.82) is 0 Å². The zero-order valence-electron chi connectivity index (χ0n) is 10.8. The van der Waals surface area contributed by atoms with Crippen molar-refractivity contribution in [2.24, 2.45) is 0 Å². The standard InChI is InChI=1S/C12H18N2O4S/c1-2-3-10-14(8(6-19-10)12(17)18)11(16)7-4-5-9(15)13-7/h7-8,10H,2-6H2,1H3,(H,13,15)(H,17,18)/t7-,8?,10?/m0/s1. The molecule has 0 aromatic rings. The van der Waals surface area contributed by atoms with Crippen molar-refractivity contribution in [2.75, 3.05) is 5.75 Å². The Bertz CT molecular complexity index is 401. The van der Waals surface area contributed by atoms with Gasteiger partial charge in [0.25, 0.3) is 0 Å². The third-order valence-electron chi connectivity index (χ3n) is 3.46. The molecule has 19 heavy (non-hydrogen) atoms. The maximum absolute atomic E-state index is 12.4. The SMILES string of the molecule is CCCC1SCC(C(=O)O)N1C(=O)[C@@H]1CCC(=O)N1. The van der Waals surface area contributed by atoms with E-state index in [0.29, 0.717) is 18.6 Å². The third kappa shape index (κ3) is 2.86. The summed E-state index contributed by atoms with van der Waals surface area (Å²) in [5, 5.41) is 11.8. The summed E-state index contributed by atoms with van der Waals surface area (Å²) >= 11 is 1.51. The van der Waals surface area contributed by atoms with E-state index in [1.165, 1.54) is 16.7 Å². The molecule has 2 aliphatic heterocycles. The summed E-state index contributed by atoms with van der Waals surface area (Å²) in [5.74, 6) is -0.929. The second kappa shape index (κ2) is 5.81. The van der Waals surface area contributed by atoms with E-state index in [1.807, 2.05) is 6.92 Å². The highest BCUT2D eigenvalue weighted by Crippen LogP contribution is 2.33. The number of carboxylic acids is 1. The Labute approximate surface area is 115 Å². The highest BCUT2D eigenvalue weighted by atomic mass is 32.2. The average molecular weight is 286 g/mol. The van der Waals surface area contributed by atoms with Crippen LogP contribution in [0.25, 0.3) is 0 Å². The Kier molecular flexibility index (Phi) is 4.34. The highest BCUT2D eigenvalue weighted by Gasteiger charge is 2.44. The molecule has 2 N–H and O–H groups in total. The normalized spacial score (nSPS) is 30.5. The van der Waals surface area contributed by atoms with Gasteiger partial charge in [0.1, 0.15) is 12.1 Å². The van der Waals surface area contributed by atoms with Crippen molar-refractivity contribution in [2.45, 2.75) is 50.1 Å². The maximum atomic E-state index is 12.4. The molecule has 0 aromatic heterocycles. The number of carbonyl (C=O) groups excluding carboxylic acids is 2. The lowest BCUT2D eigenvalue weighted by molar-refractivity contribution is -0.150. The molecule has 2 unspecified atom stereocenters. The number of amides is 2. The van der Waals surface area contributed by atoms with E-state index in [-0.39, 0.29) is 17.2 Å². The van der Waals surface area contributed by atoms with Gasteiger partial charge in [-0.15, -0.1) is 11.8 Å². The van der Waals surface area contributed by atoms with Crippen LogP contribution < -0.4 is 5.32 Å². The predicted molar refractivity (Wildman–Crippen MR) is 70.6 cm³/mol. The van der Waals surface area contributed by atoms with Gasteiger partial charge in [-0.25, -0.2) is 4.79 Å². The topological polar surface area (TPSA) is 86.7 Å². The van der Waals surface area contributed by atoms with Crippen molar-refractivity contribution >= 4 is 29.5 Å². The largest absolute Gasteiger partial charge is 0.480 e. The molecule has 2 saturated heterocycles. The van der Waals surface area contributed by atoms with Crippen LogP contribution in [0.5, 0.6) is 0 Å². The van der Waals surface area contributed by atoms with Gasteiger partial charge >= 0.3 is 5.97 Å². The first-order chi connectivity index (χ1) is 9.04. The third-order valence-corrected chi connectivity index (χ3v) is 4.82. The number of aliphatic carboxylic acids is 1. The summed E-state index contributed by atoms with van der Waals surface area (Å²) in [4.78, 5) is 36.3. The first-order valence-corrected chi connectivity index (χ1v) is 7.55. The van der Waals surface area contributed by atoms with E-state index in [4.69, 9.17) is 0 Å². The molecule has 0 spiro atoms. The Hall–Kier alpha value is -1.24. The monoisotopic (exact) mass is 286 g/mol. The summed E-state index contributed by atoms with van der Waals surface area (Å²) in [6, 6.07) is -1.32. The fourth-order valence-electron chi connectivity index (χ4n) is 2.50. The van der Waals surface area contributed by atoms with Gasteiger partial charge in [0, 0.05) is 12.2 Å². The minimum Gasteiger partial charge on any atom is -0.480 e. The van der Waals surface area contributed by atoms with E-state index in [1.54, 1.807) is 0 Å². The van der Waals surface area contributed by atoms with Crippen LogP contribution in [0.15, 0.2) is 0 Å². The van der Waals surface area contributed by atoms with E-state index in [9.17, 15) is 19.5 Å². The summed E-state index contributed by atoms with van der Waals surface area (Å²) in [7, 11) is 0. The number of carboxylic acid groups (broad SMARTS) is 1. The zero-order chi connectivity index (χ0) is 14.0. The summed E-state index contributed by atoms with van der Waals surface area (Å²) in [6.07, 6.45) is 2.48. The molecule has 2 aliphatic rings. The van der Waals surface area contributed by atoms with Gasteiger partial charge in [-0.1, -0.05) is 13.3 Å². The lowest BCUT2D eigenvalue weighted by Gasteiger charge is -2.29. The first kappa shape index (κ1) is 14.2. The van der Waals surface area contributed by atoms with Gasteiger partial charge in [-0.2, -0.15) is 0 Å². The molecular formula is C12H18N2O4S. The molecule has 7 heteroatoms. The Morgan fingerprint density at radius 3 is 2.79 bits per heavy atom. The summed E-state index contributed by atoms with van der Waals surface area (Å²) in [5.41, 5.74) is 0. The van der Waals surface area contributed by atoms with Crippen LogP contribution in [-0.4, -0.2) is 51.0 Å². The molecule has 0 bridgehead atoms. The molecule has 0 saturated carbocycles. The molecule has 3 atom stereocenters. The lowest BCUT2D eigenvalue weighted by atomic mass is 10.1. The lowest BCUT2D eigenvalue weighted by Crippen LogP contribution is -2.52. The van der Waals surface area contributed by atoms with E-state index in [0.717, 1.165) is 12.8 Å². The van der Waals surface area contributed by atoms with Crippen molar-refractivity contribution in [3.63, 3.8) is 0 Å². The molecular weight excluding hydrogens is 268 g/mol. The van der Waals surface area contributed by atoms with Crippen molar-refractivity contribution in [3.05, 3.63) is 0 Å². The van der Waals surface area contributed by atoms with Crippen LogP contribution in [0, 0.1) is 0 Å². The zero-order valence-corrected chi connectivity index (χ0v) is 11.6. The quantitative estimate of drug-likeness (QED) is 0.782. The van der Waals surface area contributed by atoms with E-state index < -0.39 is 18.1 Å². The second-order valence-corrected chi connectivity index (χ2v) is 6.05. The number of carbonyl (C=O) groups is 3. The van der Waals surface area contributed by atoms with Crippen LogP contribution in [0.3, 0.4) is 0 Å². The minimum absolute atomic E-state index is 0.0869. The molecule has 2 fully saturated rings. The predicted octanol–water partition coefficient (Wildman–Crippen LogP) is 0.420. The van der Waals surface area contributed by atoms with Crippen LogP contribution in [0.2, 0.25) is 0 Å². The number of rotatable bonds is 4. The fraction of sp³-hybridized carbons (Fsp3) is 0.750. The molecule has 6 nitrogen and oxygen atoms in total. The first-order valence-electron chi connectivity index (χ1n) is 6.50. The van der Waals surface area contributed by atoms with Gasteiger partial charge in [0.15, 0.2) is 0 Å². The Balaban J connectivity index is 2.13. The minimum atomic E-state index is -0.969. The van der Waals surface area contributed by atoms with Crippen molar-refractivity contribution in [3.8, 4) is 0 Å². The average Bonchev–Trinajstić information content (AvgIpc) is 2.95. The van der Waals surface area contributed by atoms with Crippen LogP contribution in [0.4, 0.5) is 0 Å². The molecule has 2 heterocycles. The maximum Gasteiger partial charge on any atom is 0.327 e. The van der Waals surface area contributed by atoms with E-state index >= 15 is 0 Å². The molecule has 2 rings (SSSR count). The molecule has 2 amide bonds. The number of nitrogens with zero attached hydrogens (tertiary/aromatic N) is 1. The number of hydrogen-bond donors (Lipinski definition) is 2. The van der Waals surface area contributed by atoms with Gasteiger partial charge in [-0.3, -0.25) is 9.59 Å². The van der Waals surface area contributed by atoms with Crippen LogP contribution in [-0.2, 0) is 14.4 Å². The Morgan fingerprint density at radius 2 is 2.26 bits per heavy atom. The van der Waals surface area contributed by atoms with Gasteiger partial charge in [0.05, 0.1) is 5.37 Å². The molecule has 106 valence electrons. The Morgan fingerprint density at radius 1 is 1.53 bits per heavy atom. The summed E-state index contributed by atoms with van der Waals surface area (Å²) in [6.45, 7) is 2.01. The molecule has 0 aliphatic carbocycles. The van der Waals surface area contributed by atoms with E-state index in [2.05, 4.69) is 5.32 Å². The van der Waals surface area contributed by atoms with Crippen LogP contribution in [0.1, 0.15) is 32.6 Å². The van der Waals surface area contributed by atoms with Crippen molar-refractivity contribution < 1.29 is 19.5 Å². The number of hydrogen-bond acceptors (Lipinski definition) is 4. The van der Waals surface area contributed by atoms with Gasteiger partial charge < -0.3 is 15.3 Å². The van der Waals surface area contributed by atoms with Gasteiger partial charge in [-0.05, 0) is 12.8 Å². The smallest absolute Gasteiger partial charge is 0.327 e. The molecule has 0 aromatic carbocycles. The number of nitrogens with one attached hydrogen (secondary N) is 1. The van der Waals surface area contributed by atoms with Crippen LogP contribution >= 0.6 is 11.8 Å². The van der Waals surface area contributed by atoms with Crippen molar-refractivity contribution in [1.82, 2.24) is 10.2 Å². The highest BCUT2D eigenvalue weighted by molar-refractivity contribution is 8.00. The fourth-order valence-corrected chi connectivity index (χ4v) is 4.02. The second-order valence-electron chi connectivity index (χ2n) is 4.83. The van der Waals surface area contributed by atoms with Gasteiger partial charge in [0.2, 0.25) is 11.8 Å². The summed E-state index contributed by atoms with van der Waals surface area (Å²) < 4.78 is 0. The molecule has 0 radical (unpaired) electrons.